The quantitative estimate of drug-likeness (QED) is 0.472. The molecule has 5 heteroatoms. The fourth-order valence-corrected chi connectivity index (χ4v) is 1.25. The lowest BCUT2D eigenvalue weighted by Crippen LogP contribution is -2.40. The monoisotopic (exact) mass is 230 g/mol. The number of amides is 1. The number of carbonyl (C=O) groups excluding carboxylic acids is 2. The van der Waals surface area contributed by atoms with Crippen LogP contribution in [-0.2, 0) is 14.3 Å². The van der Waals surface area contributed by atoms with Crippen LogP contribution in [0.25, 0.3) is 0 Å². The van der Waals surface area contributed by atoms with E-state index in [1.165, 1.54) is 0 Å². The molecule has 0 radical (unpaired) electrons. The predicted octanol–water partition coefficient (Wildman–Crippen LogP) is 0.573. The largest absolute Gasteiger partial charge is 0.466 e. The van der Waals surface area contributed by atoms with Crippen molar-refractivity contribution in [3.63, 3.8) is 0 Å². The van der Waals surface area contributed by atoms with Crippen LogP contribution in [0.1, 0.15) is 39.5 Å². The summed E-state index contributed by atoms with van der Waals surface area (Å²) in [5.41, 5.74) is 5.61. The second-order valence-corrected chi connectivity index (χ2v) is 3.59. The van der Waals surface area contributed by atoms with Crippen molar-refractivity contribution in [1.82, 2.24) is 5.32 Å². The zero-order valence-corrected chi connectivity index (χ0v) is 10.1. The number of ether oxygens (including phenoxy) is 1. The molecule has 0 aromatic carbocycles. The molecule has 0 aliphatic heterocycles. The zero-order valence-electron chi connectivity index (χ0n) is 10.1. The van der Waals surface area contributed by atoms with E-state index in [0.717, 1.165) is 6.42 Å². The summed E-state index contributed by atoms with van der Waals surface area (Å²) < 4.78 is 4.76. The number of nitrogens with one attached hydrogen (secondary N) is 1. The van der Waals surface area contributed by atoms with Gasteiger partial charge in [-0.2, -0.15) is 0 Å². The second-order valence-electron chi connectivity index (χ2n) is 3.59. The molecule has 0 spiro atoms. The molecule has 3 N–H and O–H groups in total. The summed E-state index contributed by atoms with van der Waals surface area (Å²) >= 11 is 0. The van der Waals surface area contributed by atoms with Gasteiger partial charge in [-0.3, -0.25) is 9.59 Å². The number of hydrogen-bond acceptors (Lipinski definition) is 4. The van der Waals surface area contributed by atoms with Crippen LogP contribution in [0.3, 0.4) is 0 Å². The summed E-state index contributed by atoms with van der Waals surface area (Å²) in [7, 11) is 0. The van der Waals surface area contributed by atoms with Gasteiger partial charge >= 0.3 is 5.97 Å². The number of hydrogen-bond donors (Lipinski definition) is 2. The van der Waals surface area contributed by atoms with Crippen LogP contribution in [0.4, 0.5) is 0 Å². The minimum Gasteiger partial charge on any atom is -0.466 e. The Morgan fingerprint density at radius 1 is 1.38 bits per heavy atom. The van der Waals surface area contributed by atoms with Crippen LogP contribution in [0.2, 0.25) is 0 Å². The van der Waals surface area contributed by atoms with Gasteiger partial charge < -0.3 is 15.8 Å². The molecule has 5 nitrogen and oxygen atoms in total. The fourth-order valence-electron chi connectivity index (χ4n) is 1.25. The number of carbonyl (C=O) groups is 2. The summed E-state index contributed by atoms with van der Waals surface area (Å²) in [6, 6.07) is -0.437. The minimum absolute atomic E-state index is 0.147. The van der Waals surface area contributed by atoms with E-state index in [1.54, 1.807) is 6.92 Å². The first kappa shape index (κ1) is 14.9. The molecule has 0 bridgehead atoms. The van der Waals surface area contributed by atoms with Crippen LogP contribution >= 0.6 is 0 Å². The molecule has 0 aromatic rings. The highest BCUT2D eigenvalue weighted by Crippen LogP contribution is 1.94. The Labute approximate surface area is 96.7 Å². The van der Waals surface area contributed by atoms with E-state index in [9.17, 15) is 9.59 Å². The normalized spacial score (nSPS) is 11.9. The second kappa shape index (κ2) is 9.15. The summed E-state index contributed by atoms with van der Waals surface area (Å²) in [4.78, 5) is 22.3. The fraction of sp³-hybridized carbons (Fsp3) is 0.818. The number of rotatable bonds is 8. The zero-order chi connectivity index (χ0) is 12.4. The maximum Gasteiger partial charge on any atom is 0.305 e. The molecular formula is C11H22N2O3. The molecule has 1 amide bonds. The van der Waals surface area contributed by atoms with Gasteiger partial charge in [-0.05, 0) is 19.8 Å². The average molecular weight is 230 g/mol. The molecule has 1 unspecified atom stereocenters. The maximum atomic E-state index is 11.4. The molecule has 0 saturated heterocycles. The van der Waals surface area contributed by atoms with Gasteiger partial charge in [0.1, 0.15) is 0 Å². The Balaban J connectivity index is 3.51. The molecule has 0 rings (SSSR count). The highest BCUT2D eigenvalue weighted by Gasteiger charge is 2.11. The van der Waals surface area contributed by atoms with Gasteiger partial charge in [-0.25, -0.2) is 0 Å². The molecule has 0 aliphatic rings. The summed E-state index contributed by atoms with van der Waals surface area (Å²) in [5, 5.41) is 2.69. The van der Waals surface area contributed by atoms with E-state index in [0.29, 0.717) is 32.4 Å². The number of nitrogens with two attached hydrogens (primary N) is 1. The lowest BCUT2D eigenvalue weighted by molar-refractivity contribution is -0.143. The molecule has 0 heterocycles. The van der Waals surface area contributed by atoms with Crippen molar-refractivity contribution in [2.24, 2.45) is 5.73 Å². The van der Waals surface area contributed by atoms with Gasteiger partial charge in [0.25, 0.3) is 0 Å². The molecule has 0 aromatic heterocycles. The van der Waals surface area contributed by atoms with E-state index < -0.39 is 6.04 Å². The van der Waals surface area contributed by atoms with Crippen molar-refractivity contribution in [3.05, 3.63) is 0 Å². The molecule has 94 valence electrons. The predicted molar refractivity (Wildman–Crippen MR) is 61.8 cm³/mol. The highest BCUT2D eigenvalue weighted by molar-refractivity contribution is 5.81. The van der Waals surface area contributed by atoms with E-state index in [2.05, 4.69) is 5.32 Å². The number of esters is 1. The molecule has 0 aliphatic carbocycles. The van der Waals surface area contributed by atoms with Crippen LogP contribution in [0, 0.1) is 0 Å². The van der Waals surface area contributed by atoms with E-state index in [-0.39, 0.29) is 11.9 Å². The smallest absolute Gasteiger partial charge is 0.305 e. The van der Waals surface area contributed by atoms with Crippen molar-refractivity contribution in [2.45, 2.75) is 45.6 Å². The lowest BCUT2D eigenvalue weighted by atomic mass is 10.1. The summed E-state index contributed by atoms with van der Waals surface area (Å²) in [6.07, 6.45) is 2.49. The van der Waals surface area contributed by atoms with Gasteiger partial charge in [0.15, 0.2) is 0 Å². The van der Waals surface area contributed by atoms with Crippen LogP contribution in [0.5, 0.6) is 0 Å². The van der Waals surface area contributed by atoms with Crippen molar-refractivity contribution < 1.29 is 14.3 Å². The molecule has 0 saturated carbocycles. The molecule has 16 heavy (non-hydrogen) atoms. The first-order valence-corrected chi connectivity index (χ1v) is 5.80. The van der Waals surface area contributed by atoms with E-state index in [1.807, 2.05) is 6.92 Å². The third kappa shape index (κ3) is 7.23. The third-order valence-corrected chi connectivity index (χ3v) is 2.10. The summed E-state index contributed by atoms with van der Waals surface area (Å²) in [6.45, 7) is 4.61. The first-order chi connectivity index (χ1) is 7.61. The third-order valence-electron chi connectivity index (χ3n) is 2.10. The summed E-state index contributed by atoms with van der Waals surface area (Å²) in [5.74, 6) is -0.375. The molecular weight excluding hydrogens is 208 g/mol. The average Bonchev–Trinajstić information content (AvgIpc) is 2.24. The maximum absolute atomic E-state index is 11.4. The Morgan fingerprint density at radius 3 is 2.62 bits per heavy atom. The van der Waals surface area contributed by atoms with Gasteiger partial charge in [0.05, 0.1) is 12.6 Å². The topological polar surface area (TPSA) is 81.4 Å². The SMILES string of the molecule is CCCC(N)C(=O)NCCCC(=O)OCC. The van der Waals surface area contributed by atoms with E-state index >= 15 is 0 Å². The van der Waals surface area contributed by atoms with Gasteiger partial charge in [-0.15, -0.1) is 0 Å². The molecule has 1 atom stereocenters. The Kier molecular flexibility index (Phi) is 8.52. The Hall–Kier alpha value is -1.10. The Bertz CT molecular complexity index is 219. The van der Waals surface area contributed by atoms with Gasteiger partial charge in [0, 0.05) is 13.0 Å². The van der Waals surface area contributed by atoms with E-state index in [4.69, 9.17) is 10.5 Å². The Morgan fingerprint density at radius 2 is 2.06 bits per heavy atom. The minimum atomic E-state index is -0.437. The van der Waals surface area contributed by atoms with Crippen molar-refractivity contribution in [3.8, 4) is 0 Å². The van der Waals surface area contributed by atoms with Crippen molar-refractivity contribution in [2.75, 3.05) is 13.2 Å². The van der Waals surface area contributed by atoms with Crippen LogP contribution in [0.15, 0.2) is 0 Å². The van der Waals surface area contributed by atoms with Crippen molar-refractivity contribution in [1.29, 1.82) is 0 Å². The van der Waals surface area contributed by atoms with Gasteiger partial charge in [0.2, 0.25) is 5.91 Å². The van der Waals surface area contributed by atoms with Crippen molar-refractivity contribution >= 4 is 11.9 Å². The van der Waals surface area contributed by atoms with Gasteiger partial charge in [-0.1, -0.05) is 13.3 Å². The first-order valence-electron chi connectivity index (χ1n) is 5.80. The lowest BCUT2D eigenvalue weighted by Gasteiger charge is -2.10. The highest BCUT2D eigenvalue weighted by atomic mass is 16.5. The standard InChI is InChI=1S/C11H22N2O3/c1-3-6-9(12)11(15)13-8-5-7-10(14)16-4-2/h9H,3-8,12H2,1-2H3,(H,13,15). The molecule has 0 fully saturated rings. The van der Waals surface area contributed by atoms with Crippen LogP contribution < -0.4 is 11.1 Å². The van der Waals surface area contributed by atoms with Crippen LogP contribution in [-0.4, -0.2) is 31.1 Å².